The number of benzene rings is 1. The molecule has 0 spiro atoms. The lowest BCUT2D eigenvalue weighted by molar-refractivity contribution is -0.386. The highest BCUT2D eigenvalue weighted by Crippen LogP contribution is 2.22. The van der Waals surface area contributed by atoms with E-state index in [0.29, 0.717) is 17.1 Å². The first-order valence-corrected chi connectivity index (χ1v) is 7.77. The molecule has 1 heterocycles. The molecule has 0 aliphatic carbocycles. The maximum absolute atomic E-state index is 12.1. The zero-order valence-corrected chi connectivity index (χ0v) is 14.4. The third-order valence-corrected chi connectivity index (χ3v) is 3.57. The number of hydrogen-bond acceptors (Lipinski definition) is 6. The Hall–Kier alpha value is -3.43. The highest BCUT2D eigenvalue weighted by molar-refractivity contribution is 5.90. The van der Waals surface area contributed by atoms with Crippen molar-refractivity contribution >= 4 is 23.2 Å². The van der Waals surface area contributed by atoms with Gasteiger partial charge in [-0.3, -0.25) is 24.4 Å². The van der Waals surface area contributed by atoms with Gasteiger partial charge in [0.25, 0.3) is 0 Å². The number of aryl methyl sites for hydroxylation is 1. The van der Waals surface area contributed by atoms with E-state index in [1.807, 2.05) is 0 Å². The van der Waals surface area contributed by atoms with E-state index >= 15 is 0 Å². The molecule has 10 nitrogen and oxygen atoms in total. The van der Waals surface area contributed by atoms with Crippen molar-refractivity contribution in [1.29, 1.82) is 0 Å². The molecule has 1 aromatic heterocycles. The molecule has 0 fully saturated rings. The van der Waals surface area contributed by atoms with Crippen molar-refractivity contribution in [2.24, 2.45) is 5.73 Å². The number of anilines is 1. The molecule has 0 aliphatic heterocycles. The van der Waals surface area contributed by atoms with E-state index in [1.165, 1.54) is 11.6 Å². The van der Waals surface area contributed by atoms with Crippen LogP contribution in [0.15, 0.2) is 24.3 Å². The Kier molecular flexibility index (Phi) is 5.89. The number of nitrogens with zero attached hydrogens (tertiary/aromatic N) is 3. The number of nitrogens with two attached hydrogens (primary N) is 1. The second kappa shape index (κ2) is 8.10. The molecule has 1 aromatic carbocycles. The Morgan fingerprint density at radius 1 is 1.31 bits per heavy atom. The molecule has 0 unspecified atom stereocenters. The summed E-state index contributed by atoms with van der Waals surface area (Å²) in [6.45, 7) is 3.11. The maximum Gasteiger partial charge on any atom is 0.312 e. The molecule has 2 amide bonds. The number of hydrogen-bond donors (Lipinski definition) is 2. The Labute approximate surface area is 149 Å². The maximum atomic E-state index is 12.1. The van der Waals surface area contributed by atoms with Gasteiger partial charge in [0.05, 0.1) is 18.0 Å². The minimum absolute atomic E-state index is 0.0877. The van der Waals surface area contributed by atoms with Crippen LogP contribution >= 0.6 is 0 Å². The summed E-state index contributed by atoms with van der Waals surface area (Å²) in [6.07, 6.45) is 0.118. The summed E-state index contributed by atoms with van der Waals surface area (Å²) >= 11 is 0. The number of carbonyl (C=O) groups excluding carboxylic acids is 2. The summed E-state index contributed by atoms with van der Waals surface area (Å²) in [7, 11) is 0. The topological polar surface area (TPSA) is 142 Å². The fourth-order valence-electron chi connectivity index (χ4n) is 2.35. The lowest BCUT2D eigenvalue weighted by Gasteiger charge is -2.08. The Morgan fingerprint density at radius 3 is 2.50 bits per heavy atom. The number of nitrogens with one attached hydrogen (secondary N) is 1. The summed E-state index contributed by atoms with van der Waals surface area (Å²) < 4.78 is 6.63. The van der Waals surface area contributed by atoms with Crippen molar-refractivity contribution in [3.05, 3.63) is 45.8 Å². The Bertz CT molecular complexity index is 828. The lowest BCUT2D eigenvalue weighted by atomic mass is 10.3. The minimum Gasteiger partial charge on any atom is -0.493 e. The zero-order valence-electron chi connectivity index (χ0n) is 14.4. The first kappa shape index (κ1) is 18.9. The molecule has 0 saturated carbocycles. The van der Waals surface area contributed by atoms with E-state index < -0.39 is 10.8 Å². The van der Waals surface area contributed by atoms with Crippen LogP contribution in [0.25, 0.3) is 0 Å². The molecule has 10 heteroatoms. The average Bonchev–Trinajstić information content (AvgIpc) is 2.82. The van der Waals surface area contributed by atoms with Crippen molar-refractivity contribution in [2.75, 3.05) is 11.9 Å². The molecule has 0 saturated heterocycles. The van der Waals surface area contributed by atoms with E-state index in [-0.39, 0.29) is 36.9 Å². The van der Waals surface area contributed by atoms with Crippen molar-refractivity contribution in [1.82, 2.24) is 9.78 Å². The normalized spacial score (nSPS) is 10.4. The fraction of sp³-hybridized carbons (Fsp3) is 0.312. The van der Waals surface area contributed by atoms with E-state index in [0.717, 1.165) is 0 Å². The highest BCUT2D eigenvalue weighted by Gasteiger charge is 2.22. The predicted octanol–water partition coefficient (Wildman–Crippen LogP) is 1.30. The van der Waals surface area contributed by atoms with Gasteiger partial charge in [-0.2, -0.15) is 5.10 Å². The summed E-state index contributed by atoms with van der Waals surface area (Å²) in [6, 6.07) is 6.57. The van der Waals surface area contributed by atoms with Crippen molar-refractivity contribution in [2.45, 2.75) is 26.8 Å². The molecule has 3 N–H and O–H groups in total. The summed E-state index contributed by atoms with van der Waals surface area (Å²) in [5, 5.41) is 17.7. The molecule has 0 bridgehead atoms. The predicted molar refractivity (Wildman–Crippen MR) is 92.7 cm³/mol. The van der Waals surface area contributed by atoms with Crippen LogP contribution in [-0.4, -0.2) is 33.1 Å². The number of carbonyl (C=O) groups is 2. The van der Waals surface area contributed by atoms with E-state index in [2.05, 4.69) is 10.4 Å². The van der Waals surface area contributed by atoms with Gasteiger partial charge in [-0.15, -0.1) is 0 Å². The van der Waals surface area contributed by atoms with Gasteiger partial charge in [0, 0.05) is 5.69 Å². The zero-order chi connectivity index (χ0) is 19.3. The van der Waals surface area contributed by atoms with Crippen LogP contribution in [0.4, 0.5) is 11.4 Å². The lowest BCUT2D eigenvalue weighted by Crippen LogP contribution is -2.20. The van der Waals surface area contributed by atoms with Gasteiger partial charge in [0.15, 0.2) is 0 Å². The monoisotopic (exact) mass is 361 g/mol. The van der Waals surface area contributed by atoms with Crippen molar-refractivity contribution < 1.29 is 19.2 Å². The minimum atomic E-state index is -0.511. The number of nitro groups is 1. The van der Waals surface area contributed by atoms with Gasteiger partial charge >= 0.3 is 5.69 Å². The Balaban J connectivity index is 1.95. The summed E-state index contributed by atoms with van der Waals surface area (Å²) in [5.74, 6) is -0.274. The molecule has 26 heavy (non-hydrogen) atoms. The van der Waals surface area contributed by atoms with Gasteiger partial charge in [-0.05, 0) is 38.1 Å². The van der Waals surface area contributed by atoms with Gasteiger partial charge < -0.3 is 15.8 Å². The SMILES string of the molecule is Cc1nn(CC(=O)Nc2ccc(OCCC(N)=O)cc2)c(C)c1[N+](=O)[O-]. The second-order valence-electron chi connectivity index (χ2n) is 5.57. The molecule has 2 rings (SSSR count). The second-order valence-corrected chi connectivity index (χ2v) is 5.57. The van der Waals surface area contributed by atoms with Gasteiger partial charge in [-0.25, -0.2) is 0 Å². The number of rotatable bonds is 8. The van der Waals surface area contributed by atoms with Gasteiger partial charge in [0.2, 0.25) is 11.8 Å². The van der Waals surface area contributed by atoms with Crippen LogP contribution in [0.2, 0.25) is 0 Å². The number of aromatic nitrogens is 2. The molecule has 2 aromatic rings. The fourth-order valence-corrected chi connectivity index (χ4v) is 2.35. The third kappa shape index (κ3) is 4.79. The van der Waals surface area contributed by atoms with E-state index in [4.69, 9.17) is 10.5 Å². The largest absolute Gasteiger partial charge is 0.493 e. The van der Waals surface area contributed by atoms with Crippen LogP contribution in [0.5, 0.6) is 5.75 Å². The molecular formula is C16H19N5O5. The smallest absolute Gasteiger partial charge is 0.312 e. The quantitative estimate of drug-likeness (QED) is 0.536. The van der Waals surface area contributed by atoms with Crippen LogP contribution < -0.4 is 15.8 Å². The highest BCUT2D eigenvalue weighted by atomic mass is 16.6. The van der Waals surface area contributed by atoms with Crippen LogP contribution in [-0.2, 0) is 16.1 Å². The third-order valence-electron chi connectivity index (χ3n) is 3.57. The number of primary amides is 1. The first-order valence-electron chi connectivity index (χ1n) is 7.77. The Morgan fingerprint density at radius 2 is 1.96 bits per heavy atom. The first-order chi connectivity index (χ1) is 12.3. The molecule has 138 valence electrons. The van der Waals surface area contributed by atoms with Crippen LogP contribution in [0.3, 0.4) is 0 Å². The average molecular weight is 361 g/mol. The van der Waals surface area contributed by atoms with Gasteiger partial charge in [0.1, 0.15) is 23.7 Å². The molecular weight excluding hydrogens is 342 g/mol. The van der Waals surface area contributed by atoms with Crippen molar-refractivity contribution in [3.63, 3.8) is 0 Å². The molecule has 0 aliphatic rings. The molecule has 0 radical (unpaired) electrons. The van der Waals surface area contributed by atoms with Gasteiger partial charge in [-0.1, -0.05) is 0 Å². The van der Waals surface area contributed by atoms with Crippen LogP contribution in [0.1, 0.15) is 17.8 Å². The van der Waals surface area contributed by atoms with E-state index in [9.17, 15) is 19.7 Å². The number of ether oxygens (including phenoxy) is 1. The van der Waals surface area contributed by atoms with Crippen molar-refractivity contribution in [3.8, 4) is 5.75 Å². The standard InChI is InChI=1S/C16H19N5O5/c1-10-16(21(24)25)11(2)20(19-10)9-15(23)18-12-3-5-13(6-4-12)26-8-7-14(17)22/h3-6H,7-9H2,1-2H3,(H2,17,22)(H,18,23). The van der Waals surface area contributed by atoms with E-state index in [1.54, 1.807) is 31.2 Å². The van der Waals surface area contributed by atoms with Crippen LogP contribution in [0, 0.1) is 24.0 Å². The molecule has 0 atom stereocenters. The summed E-state index contributed by atoms with van der Waals surface area (Å²) in [4.78, 5) is 33.3. The summed E-state index contributed by atoms with van der Waals surface area (Å²) in [5.41, 5.74) is 6.06. The number of amides is 2.